The maximum Gasteiger partial charge on any atom is 0.123 e. The van der Waals surface area contributed by atoms with Gasteiger partial charge in [0.05, 0.1) is 18.3 Å². The van der Waals surface area contributed by atoms with E-state index >= 15 is 0 Å². The summed E-state index contributed by atoms with van der Waals surface area (Å²) in [5.41, 5.74) is 2.34. The Morgan fingerprint density at radius 3 is 3.14 bits per heavy atom. The molecule has 3 aliphatic rings. The van der Waals surface area contributed by atoms with E-state index in [4.69, 9.17) is 9.47 Å². The van der Waals surface area contributed by atoms with Crippen LogP contribution in [0.15, 0.2) is 18.2 Å². The molecule has 0 radical (unpaired) electrons. The van der Waals surface area contributed by atoms with Crippen LogP contribution in [0.3, 0.4) is 0 Å². The van der Waals surface area contributed by atoms with Crippen LogP contribution in [0.1, 0.15) is 42.9 Å². The van der Waals surface area contributed by atoms with Crippen molar-refractivity contribution in [3.8, 4) is 5.75 Å². The molecule has 0 bridgehead atoms. The fourth-order valence-electron chi connectivity index (χ4n) is 3.84. The molecule has 1 aromatic rings. The zero-order valence-electron chi connectivity index (χ0n) is 12.2. The van der Waals surface area contributed by atoms with Gasteiger partial charge >= 0.3 is 0 Å². The minimum atomic E-state index is -0.309. The van der Waals surface area contributed by atoms with E-state index in [2.05, 4.69) is 6.07 Å². The third kappa shape index (κ3) is 2.58. The van der Waals surface area contributed by atoms with Crippen LogP contribution in [0, 0.1) is 0 Å². The largest absolute Gasteiger partial charge is 0.490 e. The monoisotopic (exact) mass is 306 g/mol. The van der Waals surface area contributed by atoms with Gasteiger partial charge in [0.2, 0.25) is 0 Å². The van der Waals surface area contributed by atoms with E-state index in [1.807, 2.05) is 23.9 Å². The van der Waals surface area contributed by atoms with Gasteiger partial charge in [0.25, 0.3) is 0 Å². The van der Waals surface area contributed by atoms with Crippen molar-refractivity contribution in [2.24, 2.45) is 0 Å². The van der Waals surface area contributed by atoms with Crippen molar-refractivity contribution in [2.45, 2.75) is 49.9 Å². The molecule has 1 aromatic carbocycles. The molecule has 4 rings (SSSR count). The molecule has 0 saturated carbocycles. The highest BCUT2D eigenvalue weighted by Gasteiger charge is 2.41. The summed E-state index contributed by atoms with van der Waals surface area (Å²) in [4.78, 5) is 0. The Kier molecular flexibility index (Phi) is 3.64. The summed E-state index contributed by atoms with van der Waals surface area (Å²) >= 11 is 1.99. The number of fused-ring (bicyclic) bond motifs is 1. The molecule has 2 aliphatic heterocycles. The van der Waals surface area contributed by atoms with Gasteiger partial charge in [0.15, 0.2) is 0 Å². The van der Waals surface area contributed by atoms with Crippen LogP contribution in [0.5, 0.6) is 5.75 Å². The molecule has 4 heteroatoms. The molecule has 2 saturated heterocycles. The fraction of sp³-hybridized carbons (Fsp3) is 0.647. The minimum Gasteiger partial charge on any atom is -0.490 e. The molecule has 114 valence electrons. The van der Waals surface area contributed by atoms with Gasteiger partial charge in [-0.2, -0.15) is 11.8 Å². The summed E-state index contributed by atoms with van der Waals surface area (Å²) in [6.45, 7) is 0.808. The van der Waals surface area contributed by atoms with Crippen LogP contribution in [0.25, 0.3) is 0 Å². The second kappa shape index (κ2) is 5.49. The molecule has 1 spiro atoms. The van der Waals surface area contributed by atoms with E-state index in [0.717, 1.165) is 55.8 Å². The molecule has 0 aromatic heterocycles. The van der Waals surface area contributed by atoms with Crippen LogP contribution in [0.2, 0.25) is 0 Å². The Hall–Kier alpha value is -0.710. The summed E-state index contributed by atoms with van der Waals surface area (Å²) in [6.07, 6.45) is 4.83. The van der Waals surface area contributed by atoms with E-state index in [0.29, 0.717) is 0 Å². The van der Waals surface area contributed by atoms with Gasteiger partial charge in [-0.05, 0) is 36.6 Å². The maximum absolute atomic E-state index is 10.0. The minimum absolute atomic E-state index is 0.0606. The topological polar surface area (TPSA) is 38.7 Å². The average molecular weight is 306 g/mol. The summed E-state index contributed by atoms with van der Waals surface area (Å²) < 4.78 is 12.4. The first-order chi connectivity index (χ1) is 10.3. The first-order valence-corrected chi connectivity index (χ1v) is 9.09. The zero-order valence-corrected chi connectivity index (χ0v) is 13.0. The molecular formula is C17H22O3S. The molecule has 21 heavy (non-hydrogen) atoms. The number of aliphatic hydroxyl groups is 1. The summed E-state index contributed by atoms with van der Waals surface area (Å²) in [7, 11) is 0. The van der Waals surface area contributed by atoms with Gasteiger partial charge < -0.3 is 14.6 Å². The highest BCUT2D eigenvalue weighted by Crippen LogP contribution is 2.41. The Morgan fingerprint density at radius 1 is 1.33 bits per heavy atom. The summed E-state index contributed by atoms with van der Waals surface area (Å²) in [6, 6.07) is 6.09. The highest BCUT2D eigenvalue weighted by atomic mass is 32.2. The quantitative estimate of drug-likeness (QED) is 0.911. The van der Waals surface area contributed by atoms with Crippen LogP contribution in [0.4, 0.5) is 0 Å². The number of aliphatic hydroxyl groups excluding tert-OH is 1. The molecular weight excluding hydrogens is 284 g/mol. The predicted molar refractivity (Wildman–Crippen MR) is 84.0 cm³/mol. The van der Waals surface area contributed by atoms with Crippen molar-refractivity contribution in [1.29, 1.82) is 0 Å². The molecule has 1 aliphatic carbocycles. The van der Waals surface area contributed by atoms with Gasteiger partial charge in [0, 0.05) is 24.2 Å². The van der Waals surface area contributed by atoms with E-state index in [1.165, 1.54) is 11.3 Å². The number of benzene rings is 1. The summed E-state index contributed by atoms with van der Waals surface area (Å²) in [5.74, 6) is 3.30. The van der Waals surface area contributed by atoms with Crippen LogP contribution < -0.4 is 4.74 Å². The molecule has 3 atom stereocenters. The second-order valence-electron chi connectivity index (χ2n) is 6.45. The van der Waals surface area contributed by atoms with Gasteiger partial charge in [0.1, 0.15) is 11.9 Å². The van der Waals surface area contributed by atoms with E-state index in [1.54, 1.807) is 0 Å². The van der Waals surface area contributed by atoms with Gasteiger partial charge in [-0.3, -0.25) is 0 Å². The van der Waals surface area contributed by atoms with Crippen molar-refractivity contribution in [2.75, 3.05) is 18.1 Å². The van der Waals surface area contributed by atoms with Crippen LogP contribution in [-0.2, 0) is 11.2 Å². The second-order valence-corrected chi connectivity index (χ2v) is 7.55. The molecule has 3 unspecified atom stereocenters. The van der Waals surface area contributed by atoms with Crippen molar-refractivity contribution in [3.05, 3.63) is 29.3 Å². The lowest BCUT2D eigenvalue weighted by Crippen LogP contribution is -2.43. The first-order valence-electron chi connectivity index (χ1n) is 7.94. The van der Waals surface area contributed by atoms with E-state index in [9.17, 15) is 5.11 Å². The Labute approximate surface area is 130 Å². The molecule has 2 heterocycles. The lowest BCUT2D eigenvalue weighted by atomic mass is 9.91. The summed E-state index contributed by atoms with van der Waals surface area (Å²) in [5, 5.41) is 10.0. The number of thioether (sulfide) groups is 1. The molecule has 0 amide bonds. The van der Waals surface area contributed by atoms with Gasteiger partial charge in [-0.25, -0.2) is 0 Å². The Balaban J connectivity index is 1.51. The number of ether oxygens (including phenoxy) is 2. The van der Waals surface area contributed by atoms with E-state index < -0.39 is 0 Å². The van der Waals surface area contributed by atoms with E-state index in [-0.39, 0.29) is 17.8 Å². The highest BCUT2D eigenvalue weighted by molar-refractivity contribution is 7.99. The lowest BCUT2D eigenvalue weighted by Gasteiger charge is -2.37. The van der Waals surface area contributed by atoms with Gasteiger partial charge in [-0.15, -0.1) is 0 Å². The third-order valence-electron chi connectivity index (χ3n) is 5.00. The number of hydrogen-bond donors (Lipinski definition) is 1. The number of hydrogen-bond acceptors (Lipinski definition) is 4. The molecule has 3 nitrogen and oxygen atoms in total. The maximum atomic E-state index is 10.0. The van der Waals surface area contributed by atoms with Crippen molar-refractivity contribution < 1.29 is 14.6 Å². The smallest absolute Gasteiger partial charge is 0.123 e. The first kappa shape index (κ1) is 13.9. The Bertz CT molecular complexity index is 525. The molecule has 2 fully saturated rings. The fourth-order valence-corrected chi connectivity index (χ4v) is 5.21. The van der Waals surface area contributed by atoms with Crippen LogP contribution in [-0.4, -0.2) is 34.9 Å². The van der Waals surface area contributed by atoms with Crippen LogP contribution >= 0.6 is 11.8 Å². The average Bonchev–Trinajstić information content (AvgIpc) is 3.08. The normalized spacial score (nSPS) is 35.1. The zero-order chi connectivity index (χ0) is 14.3. The number of rotatable bonds is 2. The van der Waals surface area contributed by atoms with Crippen molar-refractivity contribution >= 4 is 11.8 Å². The Morgan fingerprint density at radius 2 is 2.29 bits per heavy atom. The van der Waals surface area contributed by atoms with Crippen molar-refractivity contribution in [1.82, 2.24) is 0 Å². The third-order valence-corrected chi connectivity index (χ3v) is 6.23. The molecule has 1 N–H and O–H groups in total. The lowest BCUT2D eigenvalue weighted by molar-refractivity contribution is -0.0960. The van der Waals surface area contributed by atoms with Crippen molar-refractivity contribution in [3.63, 3.8) is 0 Å². The van der Waals surface area contributed by atoms with Gasteiger partial charge in [-0.1, -0.05) is 12.1 Å². The standard InChI is InChI=1S/C17H22O3S/c18-15-5-4-14-13(15)2-1-3-16(14)20-12-6-8-19-17(10-12)7-9-21-11-17/h1-3,12,15,18H,4-11H2. The SMILES string of the molecule is OC1CCc2c(OC3CCOC4(CCSC4)C3)cccc21. The predicted octanol–water partition coefficient (Wildman–Crippen LogP) is 3.10.